The van der Waals surface area contributed by atoms with Gasteiger partial charge in [0.15, 0.2) is 0 Å². The van der Waals surface area contributed by atoms with E-state index in [1.54, 1.807) is 18.2 Å². The van der Waals surface area contributed by atoms with Crippen LogP contribution in [0.25, 0.3) is 5.57 Å². The fourth-order valence-corrected chi connectivity index (χ4v) is 4.36. The van der Waals surface area contributed by atoms with Crippen LogP contribution in [0.15, 0.2) is 48.5 Å². The van der Waals surface area contributed by atoms with Gasteiger partial charge in [0.05, 0.1) is 6.61 Å². The molecule has 0 amide bonds. The summed E-state index contributed by atoms with van der Waals surface area (Å²) >= 11 is 0. The number of piperidine rings is 1. The number of nitrogens with zero attached hydrogens (tertiary/aromatic N) is 1. The zero-order valence-electron chi connectivity index (χ0n) is 14.7. The van der Waals surface area contributed by atoms with Crippen molar-refractivity contribution in [3.05, 3.63) is 76.9 Å². The van der Waals surface area contributed by atoms with Crippen molar-refractivity contribution in [2.75, 3.05) is 26.2 Å². The predicted molar refractivity (Wildman–Crippen MR) is 98.9 cm³/mol. The Bertz CT molecular complexity index is 807. The number of allylic oxidation sites excluding steroid dienone is 1. The molecule has 2 aromatic rings. The molecule has 1 aliphatic heterocycles. The van der Waals surface area contributed by atoms with Gasteiger partial charge in [-0.1, -0.05) is 24.3 Å². The lowest BCUT2D eigenvalue weighted by molar-refractivity contribution is 0.143. The number of hydrogen-bond acceptors (Lipinski definition) is 2. The molecule has 2 aromatic carbocycles. The molecule has 0 aromatic heterocycles. The quantitative estimate of drug-likeness (QED) is 0.889. The third kappa shape index (κ3) is 3.31. The molecule has 2 aliphatic rings. The van der Waals surface area contributed by atoms with E-state index < -0.39 is 0 Å². The maximum Gasteiger partial charge on any atom is 0.123 e. The van der Waals surface area contributed by atoms with E-state index in [2.05, 4.69) is 11.0 Å². The van der Waals surface area contributed by atoms with Crippen molar-refractivity contribution in [3.8, 4) is 0 Å². The Morgan fingerprint density at radius 1 is 0.962 bits per heavy atom. The highest BCUT2D eigenvalue weighted by Gasteiger charge is 2.32. The summed E-state index contributed by atoms with van der Waals surface area (Å²) in [4.78, 5) is 2.28. The van der Waals surface area contributed by atoms with Crippen LogP contribution in [0.4, 0.5) is 8.78 Å². The number of aliphatic hydroxyl groups excluding tert-OH is 1. The molecule has 1 fully saturated rings. The van der Waals surface area contributed by atoms with Gasteiger partial charge in [-0.15, -0.1) is 0 Å². The molecule has 0 spiro atoms. The number of fused-ring (bicyclic) bond motifs is 1. The van der Waals surface area contributed by atoms with Crippen LogP contribution >= 0.6 is 0 Å². The zero-order valence-corrected chi connectivity index (χ0v) is 14.7. The number of benzene rings is 2. The van der Waals surface area contributed by atoms with Crippen LogP contribution in [0, 0.1) is 17.6 Å². The Morgan fingerprint density at radius 3 is 2.35 bits per heavy atom. The highest BCUT2D eigenvalue weighted by atomic mass is 19.1. The van der Waals surface area contributed by atoms with Crippen molar-refractivity contribution in [3.63, 3.8) is 0 Å². The highest BCUT2D eigenvalue weighted by molar-refractivity contribution is 5.85. The van der Waals surface area contributed by atoms with Gasteiger partial charge >= 0.3 is 0 Å². The maximum absolute atomic E-state index is 13.9. The number of rotatable bonds is 4. The molecule has 1 saturated heterocycles. The van der Waals surface area contributed by atoms with Crippen molar-refractivity contribution in [2.45, 2.75) is 18.8 Å². The summed E-state index contributed by atoms with van der Waals surface area (Å²) in [7, 11) is 0. The Kier molecular flexibility index (Phi) is 4.88. The molecule has 26 heavy (non-hydrogen) atoms. The van der Waals surface area contributed by atoms with E-state index in [0.29, 0.717) is 5.92 Å². The first-order chi connectivity index (χ1) is 12.7. The van der Waals surface area contributed by atoms with E-state index in [4.69, 9.17) is 5.11 Å². The van der Waals surface area contributed by atoms with Gasteiger partial charge in [-0.2, -0.15) is 0 Å². The molecule has 1 unspecified atom stereocenters. The fourth-order valence-electron chi connectivity index (χ4n) is 4.36. The lowest BCUT2D eigenvalue weighted by Gasteiger charge is -2.34. The second-order valence-electron chi connectivity index (χ2n) is 7.25. The minimum atomic E-state index is -0.250. The lowest BCUT2D eigenvalue weighted by atomic mass is 9.81. The van der Waals surface area contributed by atoms with Gasteiger partial charge in [0.2, 0.25) is 0 Å². The molecule has 0 bridgehead atoms. The minimum Gasteiger partial charge on any atom is -0.395 e. The molecular weight excluding hydrogens is 332 g/mol. The largest absolute Gasteiger partial charge is 0.395 e. The standard InChI is InChI=1S/C22H23F2NO/c23-17-3-1-15(2-4-17)20-14-21(22-13-18(24)5-6-19(20)22)16-7-9-25(10-8-16)11-12-26/h1-6,13-14,16,21,26H,7-12H2. The number of hydrogen-bond donors (Lipinski definition) is 1. The number of aliphatic hydroxyl groups is 1. The molecule has 1 aliphatic carbocycles. The topological polar surface area (TPSA) is 23.5 Å². The van der Waals surface area contributed by atoms with E-state index in [-0.39, 0.29) is 24.2 Å². The monoisotopic (exact) mass is 355 g/mol. The zero-order chi connectivity index (χ0) is 18.1. The average Bonchev–Trinajstić information content (AvgIpc) is 3.02. The van der Waals surface area contributed by atoms with Gasteiger partial charge in [-0.25, -0.2) is 8.78 Å². The average molecular weight is 355 g/mol. The Morgan fingerprint density at radius 2 is 1.65 bits per heavy atom. The summed E-state index contributed by atoms with van der Waals surface area (Å²) in [5.74, 6) is 0.195. The van der Waals surface area contributed by atoms with Crippen molar-refractivity contribution in [1.29, 1.82) is 0 Å². The fraction of sp³-hybridized carbons (Fsp3) is 0.364. The van der Waals surface area contributed by atoms with Crippen LogP contribution in [0.2, 0.25) is 0 Å². The summed E-state index contributed by atoms with van der Waals surface area (Å²) in [5, 5.41) is 9.12. The summed E-state index contributed by atoms with van der Waals surface area (Å²) in [6, 6.07) is 11.5. The molecule has 4 heteroatoms. The van der Waals surface area contributed by atoms with Crippen LogP contribution in [0.3, 0.4) is 0 Å². The molecule has 2 nitrogen and oxygen atoms in total. The van der Waals surface area contributed by atoms with E-state index in [1.807, 2.05) is 6.07 Å². The van der Waals surface area contributed by atoms with Gasteiger partial charge in [-0.05, 0) is 78.4 Å². The summed E-state index contributed by atoms with van der Waals surface area (Å²) in [6.45, 7) is 2.84. The Labute approximate surface area is 152 Å². The van der Waals surface area contributed by atoms with Crippen LogP contribution in [0.1, 0.15) is 35.4 Å². The maximum atomic E-state index is 13.9. The first-order valence-corrected chi connectivity index (χ1v) is 9.26. The van der Waals surface area contributed by atoms with Gasteiger partial charge in [-0.3, -0.25) is 0 Å². The predicted octanol–water partition coefficient (Wildman–Crippen LogP) is 4.20. The first-order valence-electron chi connectivity index (χ1n) is 9.26. The molecule has 4 rings (SSSR count). The molecule has 1 atom stereocenters. The van der Waals surface area contributed by atoms with Gasteiger partial charge in [0.25, 0.3) is 0 Å². The van der Waals surface area contributed by atoms with Gasteiger partial charge < -0.3 is 10.0 Å². The molecule has 0 radical (unpaired) electrons. The smallest absolute Gasteiger partial charge is 0.123 e. The number of likely N-dealkylation sites (tertiary alicyclic amines) is 1. The SMILES string of the molecule is OCCN1CCC(C2C=C(c3ccc(F)cc3)c3ccc(F)cc32)CC1. The summed E-state index contributed by atoms with van der Waals surface area (Å²) in [6.07, 6.45) is 4.31. The number of β-amino-alcohol motifs (C(OH)–C–C–N with tert-alkyl or cyclic N) is 1. The van der Waals surface area contributed by atoms with E-state index in [0.717, 1.165) is 54.7 Å². The molecule has 1 heterocycles. The van der Waals surface area contributed by atoms with E-state index in [1.165, 1.54) is 18.2 Å². The third-order valence-electron chi connectivity index (χ3n) is 5.72. The van der Waals surface area contributed by atoms with E-state index >= 15 is 0 Å². The van der Waals surface area contributed by atoms with Crippen LogP contribution < -0.4 is 0 Å². The van der Waals surface area contributed by atoms with E-state index in [9.17, 15) is 8.78 Å². The normalized spacial score (nSPS) is 20.9. The molecule has 136 valence electrons. The van der Waals surface area contributed by atoms with Crippen LogP contribution in [0.5, 0.6) is 0 Å². The van der Waals surface area contributed by atoms with Crippen molar-refractivity contribution in [1.82, 2.24) is 4.90 Å². The molecular formula is C22H23F2NO. The number of halogens is 2. The van der Waals surface area contributed by atoms with Crippen molar-refractivity contribution >= 4 is 5.57 Å². The lowest BCUT2D eigenvalue weighted by Crippen LogP contribution is -2.36. The Hall–Kier alpha value is -2.04. The summed E-state index contributed by atoms with van der Waals surface area (Å²) in [5.41, 5.74) is 4.15. The van der Waals surface area contributed by atoms with Gasteiger partial charge in [0, 0.05) is 12.5 Å². The van der Waals surface area contributed by atoms with Gasteiger partial charge in [0.1, 0.15) is 11.6 Å². The second-order valence-corrected chi connectivity index (χ2v) is 7.25. The minimum absolute atomic E-state index is 0.191. The van der Waals surface area contributed by atoms with Crippen molar-refractivity contribution < 1.29 is 13.9 Å². The molecule has 1 N–H and O–H groups in total. The van der Waals surface area contributed by atoms with Crippen LogP contribution in [-0.2, 0) is 0 Å². The van der Waals surface area contributed by atoms with Crippen LogP contribution in [-0.4, -0.2) is 36.2 Å². The summed E-state index contributed by atoms with van der Waals surface area (Å²) < 4.78 is 27.2. The first kappa shape index (κ1) is 17.4. The highest BCUT2D eigenvalue weighted by Crippen LogP contribution is 2.45. The molecule has 0 saturated carbocycles. The van der Waals surface area contributed by atoms with Crippen molar-refractivity contribution in [2.24, 2.45) is 5.92 Å². The Balaban J connectivity index is 1.65. The second kappa shape index (κ2) is 7.29. The third-order valence-corrected chi connectivity index (χ3v) is 5.72.